The molecule has 0 radical (unpaired) electrons. The SMILES string of the molecule is CC(C)CC(CNCc1cnc(-c2cccs2)s1)C(=O)O. The van der Waals surface area contributed by atoms with Gasteiger partial charge in [-0.3, -0.25) is 4.79 Å². The van der Waals surface area contributed by atoms with Gasteiger partial charge in [-0.05, 0) is 23.8 Å². The van der Waals surface area contributed by atoms with Crippen molar-refractivity contribution in [1.82, 2.24) is 10.3 Å². The summed E-state index contributed by atoms with van der Waals surface area (Å²) in [5, 5.41) is 15.5. The Balaban J connectivity index is 1.84. The quantitative estimate of drug-likeness (QED) is 0.777. The fourth-order valence-electron chi connectivity index (χ4n) is 2.11. The van der Waals surface area contributed by atoms with Crippen molar-refractivity contribution in [3.63, 3.8) is 0 Å². The summed E-state index contributed by atoms with van der Waals surface area (Å²) in [6, 6.07) is 4.08. The summed E-state index contributed by atoms with van der Waals surface area (Å²) in [4.78, 5) is 17.9. The molecule has 6 heteroatoms. The molecule has 0 aliphatic heterocycles. The van der Waals surface area contributed by atoms with Gasteiger partial charge in [0.15, 0.2) is 0 Å². The zero-order valence-electron chi connectivity index (χ0n) is 12.2. The van der Waals surface area contributed by atoms with Gasteiger partial charge >= 0.3 is 5.97 Å². The Bertz CT molecular complexity index is 564. The van der Waals surface area contributed by atoms with E-state index in [1.807, 2.05) is 31.5 Å². The van der Waals surface area contributed by atoms with E-state index < -0.39 is 5.97 Å². The van der Waals surface area contributed by atoms with Gasteiger partial charge in [0.05, 0.1) is 10.8 Å². The van der Waals surface area contributed by atoms with Crippen molar-refractivity contribution in [3.8, 4) is 9.88 Å². The lowest BCUT2D eigenvalue weighted by Gasteiger charge is -2.14. The van der Waals surface area contributed by atoms with Crippen LogP contribution < -0.4 is 5.32 Å². The molecule has 4 nitrogen and oxygen atoms in total. The van der Waals surface area contributed by atoms with Crippen LogP contribution in [-0.4, -0.2) is 22.6 Å². The number of thiazole rings is 1. The number of aliphatic carboxylic acids is 1. The lowest BCUT2D eigenvalue weighted by Crippen LogP contribution is -2.29. The number of nitrogens with one attached hydrogen (secondary N) is 1. The molecule has 0 bridgehead atoms. The maximum Gasteiger partial charge on any atom is 0.307 e. The summed E-state index contributed by atoms with van der Waals surface area (Å²) >= 11 is 3.33. The normalized spacial score (nSPS) is 12.7. The fourth-order valence-corrected chi connectivity index (χ4v) is 3.80. The third kappa shape index (κ3) is 4.91. The molecule has 1 atom stereocenters. The first-order chi connectivity index (χ1) is 10.1. The van der Waals surface area contributed by atoms with Gasteiger partial charge in [-0.15, -0.1) is 22.7 Å². The van der Waals surface area contributed by atoms with Gasteiger partial charge in [-0.2, -0.15) is 0 Å². The van der Waals surface area contributed by atoms with Gasteiger partial charge in [0.1, 0.15) is 5.01 Å². The summed E-state index contributed by atoms with van der Waals surface area (Å²) in [5.41, 5.74) is 0. The highest BCUT2D eigenvalue weighted by Gasteiger charge is 2.18. The second-order valence-electron chi connectivity index (χ2n) is 5.40. The van der Waals surface area contributed by atoms with Crippen LogP contribution in [0.25, 0.3) is 9.88 Å². The first-order valence-corrected chi connectivity index (χ1v) is 8.68. The molecule has 2 heterocycles. The molecule has 114 valence electrons. The van der Waals surface area contributed by atoms with E-state index in [1.54, 1.807) is 22.7 Å². The van der Waals surface area contributed by atoms with E-state index >= 15 is 0 Å². The van der Waals surface area contributed by atoms with Crippen LogP contribution in [0.4, 0.5) is 0 Å². The second-order valence-corrected chi connectivity index (χ2v) is 7.47. The lowest BCUT2D eigenvalue weighted by molar-refractivity contribution is -0.142. The van der Waals surface area contributed by atoms with Crippen LogP contribution in [0.15, 0.2) is 23.7 Å². The molecule has 2 aromatic rings. The predicted molar refractivity (Wildman–Crippen MR) is 87.7 cm³/mol. The van der Waals surface area contributed by atoms with Crippen LogP contribution in [0, 0.1) is 11.8 Å². The Morgan fingerprint density at radius 3 is 2.90 bits per heavy atom. The van der Waals surface area contributed by atoms with Crippen molar-refractivity contribution in [3.05, 3.63) is 28.6 Å². The highest BCUT2D eigenvalue weighted by Crippen LogP contribution is 2.28. The highest BCUT2D eigenvalue weighted by atomic mass is 32.1. The molecule has 0 aliphatic rings. The third-order valence-electron chi connectivity index (χ3n) is 3.08. The molecule has 1 unspecified atom stereocenters. The number of aromatic nitrogens is 1. The van der Waals surface area contributed by atoms with Crippen molar-refractivity contribution in [2.24, 2.45) is 11.8 Å². The summed E-state index contributed by atoms with van der Waals surface area (Å²) in [6.45, 7) is 5.27. The summed E-state index contributed by atoms with van der Waals surface area (Å²) in [5.74, 6) is -0.656. The number of hydrogen-bond acceptors (Lipinski definition) is 5. The van der Waals surface area contributed by atoms with Crippen LogP contribution in [0.2, 0.25) is 0 Å². The fraction of sp³-hybridized carbons (Fsp3) is 0.467. The number of rotatable bonds is 8. The molecular formula is C15H20N2O2S2. The van der Waals surface area contributed by atoms with E-state index in [4.69, 9.17) is 0 Å². The van der Waals surface area contributed by atoms with Crippen molar-refractivity contribution >= 4 is 28.6 Å². The Kier molecular flexibility index (Phi) is 5.90. The minimum atomic E-state index is -0.722. The Morgan fingerprint density at radius 2 is 2.29 bits per heavy atom. The van der Waals surface area contributed by atoms with E-state index in [2.05, 4.69) is 16.4 Å². The summed E-state index contributed by atoms with van der Waals surface area (Å²) < 4.78 is 0. The van der Waals surface area contributed by atoms with Gasteiger partial charge < -0.3 is 10.4 Å². The number of carboxylic acid groups (broad SMARTS) is 1. The monoisotopic (exact) mass is 324 g/mol. The van der Waals surface area contributed by atoms with Crippen LogP contribution in [0.5, 0.6) is 0 Å². The number of carboxylic acids is 1. The number of hydrogen-bond donors (Lipinski definition) is 2. The van der Waals surface area contributed by atoms with Crippen molar-refractivity contribution in [1.29, 1.82) is 0 Å². The van der Waals surface area contributed by atoms with E-state index in [0.717, 1.165) is 9.88 Å². The number of carbonyl (C=O) groups is 1. The largest absolute Gasteiger partial charge is 0.481 e. The number of thiophene rings is 1. The topological polar surface area (TPSA) is 62.2 Å². The summed E-state index contributed by atoms with van der Waals surface area (Å²) in [7, 11) is 0. The molecule has 21 heavy (non-hydrogen) atoms. The molecule has 0 saturated carbocycles. The molecular weight excluding hydrogens is 304 g/mol. The van der Waals surface area contributed by atoms with Crippen LogP contribution in [-0.2, 0) is 11.3 Å². The predicted octanol–water partition coefficient (Wildman–Crippen LogP) is 3.71. The molecule has 0 aromatic carbocycles. The standard InChI is InChI=1S/C15H20N2O2S2/c1-10(2)6-11(15(18)19)7-16-8-12-9-17-14(21-12)13-4-3-5-20-13/h3-5,9-11,16H,6-8H2,1-2H3,(H,18,19). The van der Waals surface area contributed by atoms with Crippen molar-refractivity contribution in [2.45, 2.75) is 26.8 Å². The van der Waals surface area contributed by atoms with Gasteiger partial charge in [0, 0.05) is 24.2 Å². The van der Waals surface area contributed by atoms with Crippen LogP contribution in [0.3, 0.4) is 0 Å². The Hall–Kier alpha value is -1.24. The van der Waals surface area contributed by atoms with Crippen LogP contribution >= 0.6 is 22.7 Å². The van der Waals surface area contributed by atoms with Gasteiger partial charge in [-0.25, -0.2) is 4.98 Å². The average Bonchev–Trinajstić information content (AvgIpc) is 3.07. The smallest absolute Gasteiger partial charge is 0.307 e. The van der Waals surface area contributed by atoms with E-state index in [9.17, 15) is 9.90 Å². The van der Waals surface area contributed by atoms with E-state index in [0.29, 0.717) is 25.4 Å². The zero-order valence-corrected chi connectivity index (χ0v) is 13.8. The van der Waals surface area contributed by atoms with Crippen LogP contribution in [0.1, 0.15) is 25.1 Å². The molecule has 0 aliphatic carbocycles. The molecule has 2 rings (SSSR count). The molecule has 0 saturated heterocycles. The van der Waals surface area contributed by atoms with Gasteiger partial charge in [-0.1, -0.05) is 19.9 Å². The van der Waals surface area contributed by atoms with Crippen molar-refractivity contribution < 1.29 is 9.90 Å². The lowest BCUT2D eigenvalue weighted by atomic mass is 9.97. The minimum Gasteiger partial charge on any atom is -0.481 e. The molecule has 2 aromatic heterocycles. The Morgan fingerprint density at radius 1 is 1.48 bits per heavy atom. The molecule has 0 spiro atoms. The zero-order chi connectivity index (χ0) is 15.2. The molecule has 0 fully saturated rings. The molecule has 2 N–H and O–H groups in total. The third-order valence-corrected chi connectivity index (χ3v) is 5.12. The maximum absolute atomic E-state index is 11.2. The van der Waals surface area contributed by atoms with E-state index in [-0.39, 0.29) is 5.92 Å². The van der Waals surface area contributed by atoms with E-state index in [1.165, 1.54) is 4.88 Å². The van der Waals surface area contributed by atoms with Gasteiger partial charge in [0.25, 0.3) is 0 Å². The highest BCUT2D eigenvalue weighted by molar-refractivity contribution is 7.20. The minimum absolute atomic E-state index is 0.324. The van der Waals surface area contributed by atoms with Gasteiger partial charge in [0.2, 0.25) is 0 Å². The van der Waals surface area contributed by atoms with Crippen molar-refractivity contribution in [2.75, 3.05) is 6.54 Å². The Labute approximate surface area is 132 Å². The summed E-state index contributed by atoms with van der Waals surface area (Å²) in [6.07, 6.45) is 2.57. The number of nitrogens with zero attached hydrogens (tertiary/aromatic N) is 1. The first-order valence-electron chi connectivity index (χ1n) is 6.98. The maximum atomic E-state index is 11.2. The first kappa shape index (κ1) is 16.1. The average molecular weight is 324 g/mol. The molecule has 0 amide bonds. The second kappa shape index (κ2) is 7.68.